The van der Waals surface area contributed by atoms with Gasteiger partial charge in [0.2, 0.25) is 0 Å². The Morgan fingerprint density at radius 2 is 1.34 bits per heavy atom. The largest absolute Gasteiger partial charge is 0.374 e. The molecule has 1 nitrogen and oxygen atoms in total. The van der Waals surface area contributed by atoms with Crippen LogP contribution in [0.1, 0.15) is 99.3 Å². The van der Waals surface area contributed by atoms with E-state index in [1.165, 1.54) is 0 Å². The van der Waals surface area contributed by atoms with Gasteiger partial charge in [-0.05, 0) is 91.0 Å². The van der Waals surface area contributed by atoms with Gasteiger partial charge in [-0.25, -0.2) is 13.2 Å². The Morgan fingerprint density at radius 1 is 0.781 bits per heavy atom. The number of aryl methyl sites for hydroxylation is 1. The van der Waals surface area contributed by atoms with Crippen molar-refractivity contribution in [3.63, 3.8) is 0 Å². The fourth-order valence-electron chi connectivity index (χ4n) is 5.50. The molecular weight excluding hydrogens is 409 g/mol. The van der Waals surface area contributed by atoms with E-state index in [0.29, 0.717) is 35.6 Å². The Hall–Kier alpha value is -1.81. The summed E-state index contributed by atoms with van der Waals surface area (Å²) >= 11 is 0. The summed E-state index contributed by atoms with van der Waals surface area (Å²) in [6.07, 6.45) is 8.02. The van der Waals surface area contributed by atoms with Gasteiger partial charge in [0.15, 0.2) is 11.6 Å². The second-order valence-electron chi connectivity index (χ2n) is 9.89. The molecule has 0 bridgehead atoms. The molecular formula is C28H35F3O. The van der Waals surface area contributed by atoms with Crippen LogP contribution in [0, 0.1) is 23.4 Å². The first kappa shape index (κ1) is 23.4. The van der Waals surface area contributed by atoms with Crippen LogP contribution in [-0.2, 0) is 17.8 Å². The topological polar surface area (TPSA) is 9.23 Å². The average Bonchev–Trinajstić information content (AvgIpc) is 2.81. The zero-order chi connectivity index (χ0) is 22.7. The summed E-state index contributed by atoms with van der Waals surface area (Å²) in [6.45, 7) is 4.55. The first-order valence-electron chi connectivity index (χ1n) is 12.3. The first-order chi connectivity index (χ1) is 15.5. The molecule has 0 spiro atoms. The van der Waals surface area contributed by atoms with Crippen molar-refractivity contribution in [3.8, 4) is 0 Å². The van der Waals surface area contributed by atoms with Crippen LogP contribution < -0.4 is 0 Å². The lowest BCUT2D eigenvalue weighted by molar-refractivity contribution is 0.0130. The lowest BCUT2D eigenvalue weighted by Crippen LogP contribution is -2.22. The van der Waals surface area contributed by atoms with Gasteiger partial charge in [0, 0.05) is 0 Å². The summed E-state index contributed by atoms with van der Waals surface area (Å²) in [5.41, 5.74) is 2.64. The van der Waals surface area contributed by atoms with Gasteiger partial charge < -0.3 is 4.74 Å². The lowest BCUT2D eigenvalue weighted by Gasteiger charge is -2.30. The normalized spacial score (nSPS) is 26.3. The smallest absolute Gasteiger partial charge is 0.162 e. The third-order valence-corrected chi connectivity index (χ3v) is 7.70. The summed E-state index contributed by atoms with van der Waals surface area (Å²) in [5.74, 6) is -0.581. The molecule has 4 rings (SSSR count). The van der Waals surface area contributed by atoms with Crippen LogP contribution in [0.3, 0.4) is 0 Å². The van der Waals surface area contributed by atoms with Crippen LogP contribution in [0.15, 0.2) is 30.3 Å². The number of halogens is 3. The molecule has 2 saturated carbocycles. The molecule has 32 heavy (non-hydrogen) atoms. The number of ether oxygens (including phenoxy) is 1. The third-order valence-electron chi connectivity index (χ3n) is 7.70. The van der Waals surface area contributed by atoms with Crippen molar-refractivity contribution >= 4 is 0 Å². The second kappa shape index (κ2) is 10.4. The summed E-state index contributed by atoms with van der Waals surface area (Å²) in [4.78, 5) is 0. The number of hydrogen-bond donors (Lipinski definition) is 0. The summed E-state index contributed by atoms with van der Waals surface area (Å²) in [5, 5.41) is 0. The van der Waals surface area contributed by atoms with E-state index >= 15 is 4.39 Å². The number of benzene rings is 2. The molecule has 174 valence electrons. The molecule has 2 aromatic rings. The van der Waals surface area contributed by atoms with Crippen molar-refractivity contribution in [1.82, 2.24) is 0 Å². The summed E-state index contributed by atoms with van der Waals surface area (Å²) in [7, 11) is 0. The van der Waals surface area contributed by atoms with Gasteiger partial charge in [-0.3, -0.25) is 0 Å². The average molecular weight is 445 g/mol. The molecule has 2 fully saturated rings. The van der Waals surface area contributed by atoms with Crippen LogP contribution >= 0.6 is 0 Å². The third kappa shape index (κ3) is 5.22. The van der Waals surface area contributed by atoms with E-state index in [0.717, 1.165) is 56.9 Å². The van der Waals surface area contributed by atoms with Crippen molar-refractivity contribution in [2.75, 3.05) is 0 Å². The highest BCUT2D eigenvalue weighted by atomic mass is 19.2. The van der Waals surface area contributed by atoms with E-state index < -0.39 is 11.6 Å². The fraction of sp³-hybridized carbons (Fsp3) is 0.571. The second-order valence-corrected chi connectivity index (χ2v) is 9.89. The van der Waals surface area contributed by atoms with Gasteiger partial charge in [-0.1, -0.05) is 51.0 Å². The minimum atomic E-state index is -0.642. The molecule has 2 aromatic carbocycles. The van der Waals surface area contributed by atoms with Crippen LogP contribution in [0.4, 0.5) is 13.2 Å². The maximum absolute atomic E-state index is 15.0. The standard InChI is InChI=1S/C28H35F3O/c1-3-20-9-6-19(16-26(20)29)17-32-23-12-10-22(11-13-23)25-15-14-24(27(30)28(25)31)21-7-4-18(2)5-8-21/h6,9,14-16,18,21-23H,3-5,7-8,10-13,17H2,1-2H3. The quantitative estimate of drug-likeness (QED) is 0.436. The van der Waals surface area contributed by atoms with Crippen LogP contribution in [0.25, 0.3) is 0 Å². The predicted molar refractivity (Wildman–Crippen MR) is 122 cm³/mol. The number of hydrogen-bond acceptors (Lipinski definition) is 1. The zero-order valence-corrected chi connectivity index (χ0v) is 19.3. The van der Waals surface area contributed by atoms with Crippen LogP contribution in [0.5, 0.6) is 0 Å². The number of rotatable bonds is 6. The Labute approximate surface area is 190 Å². The Morgan fingerprint density at radius 3 is 1.88 bits per heavy atom. The monoisotopic (exact) mass is 444 g/mol. The van der Waals surface area contributed by atoms with Crippen molar-refractivity contribution in [2.24, 2.45) is 5.92 Å². The molecule has 0 heterocycles. The minimum absolute atomic E-state index is 0.0334. The van der Waals surface area contributed by atoms with Crippen molar-refractivity contribution in [3.05, 3.63) is 70.0 Å². The van der Waals surface area contributed by atoms with E-state index in [1.807, 2.05) is 31.2 Å². The van der Waals surface area contributed by atoms with Crippen molar-refractivity contribution in [2.45, 2.75) is 96.2 Å². The van der Waals surface area contributed by atoms with Crippen molar-refractivity contribution in [1.29, 1.82) is 0 Å². The highest BCUT2D eigenvalue weighted by molar-refractivity contribution is 5.32. The molecule has 0 amide bonds. The Balaban J connectivity index is 1.33. The summed E-state index contributed by atoms with van der Waals surface area (Å²) < 4.78 is 49.9. The zero-order valence-electron chi connectivity index (χ0n) is 19.3. The van der Waals surface area contributed by atoms with Crippen LogP contribution in [0.2, 0.25) is 0 Å². The first-order valence-corrected chi connectivity index (χ1v) is 12.3. The molecule has 0 N–H and O–H groups in total. The Kier molecular flexibility index (Phi) is 7.60. The van der Waals surface area contributed by atoms with Gasteiger partial charge in [0.1, 0.15) is 5.82 Å². The fourth-order valence-corrected chi connectivity index (χ4v) is 5.50. The molecule has 0 unspecified atom stereocenters. The molecule has 0 saturated heterocycles. The highest BCUT2D eigenvalue weighted by Crippen LogP contribution is 2.40. The predicted octanol–water partition coefficient (Wildman–Crippen LogP) is 8.20. The molecule has 0 atom stereocenters. The van der Waals surface area contributed by atoms with Crippen LogP contribution in [-0.4, -0.2) is 6.10 Å². The van der Waals surface area contributed by atoms with Gasteiger partial charge in [0.05, 0.1) is 12.7 Å². The molecule has 0 radical (unpaired) electrons. The van der Waals surface area contributed by atoms with E-state index in [4.69, 9.17) is 4.74 Å². The van der Waals surface area contributed by atoms with E-state index in [1.54, 1.807) is 6.07 Å². The minimum Gasteiger partial charge on any atom is -0.374 e. The van der Waals surface area contributed by atoms with E-state index in [-0.39, 0.29) is 23.8 Å². The van der Waals surface area contributed by atoms with Gasteiger partial charge in [-0.15, -0.1) is 0 Å². The Bertz CT molecular complexity index is 909. The van der Waals surface area contributed by atoms with E-state index in [9.17, 15) is 8.78 Å². The lowest BCUT2D eigenvalue weighted by atomic mass is 9.77. The highest BCUT2D eigenvalue weighted by Gasteiger charge is 2.29. The maximum atomic E-state index is 15.0. The van der Waals surface area contributed by atoms with Gasteiger partial charge in [-0.2, -0.15) is 0 Å². The SMILES string of the molecule is CCc1ccc(COC2CCC(c3ccc(C4CCC(C)CC4)c(F)c3F)CC2)cc1F. The van der Waals surface area contributed by atoms with Gasteiger partial charge in [0.25, 0.3) is 0 Å². The van der Waals surface area contributed by atoms with Crippen molar-refractivity contribution < 1.29 is 17.9 Å². The van der Waals surface area contributed by atoms with E-state index in [2.05, 4.69) is 6.92 Å². The molecule has 2 aliphatic carbocycles. The maximum Gasteiger partial charge on any atom is 0.162 e. The summed E-state index contributed by atoms with van der Waals surface area (Å²) in [6, 6.07) is 8.96. The molecule has 4 heteroatoms. The molecule has 0 aliphatic heterocycles. The van der Waals surface area contributed by atoms with Gasteiger partial charge >= 0.3 is 0 Å². The molecule has 0 aromatic heterocycles. The molecule has 2 aliphatic rings.